The van der Waals surface area contributed by atoms with E-state index in [9.17, 15) is 18.0 Å². The normalized spacial score (nSPS) is 26.8. The van der Waals surface area contributed by atoms with E-state index in [2.05, 4.69) is 4.99 Å². The molecule has 1 amide bonds. The molecular weight excluding hydrogens is 377 g/mol. The van der Waals surface area contributed by atoms with Crippen LogP contribution in [0.1, 0.15) is 24.5 Å². The van der Waals surface area contributed by atoms with Gasteiger partial charge < -0.3 is 4.90 Å². The van der Waals surface area contributed by atoms with Crippen LogP contribution in [0.3, 0.4) is 0 Å². The number of carbonyl (C=O) groups excluding carboxylic acids is 1. The Balaban J connectivity index is 1.92. The highest BCUT2D eigenvalue weighted by Gasteiger charge is 2.70. The summed E-state index contributed by atoms with van der Waals surface area (Å²) < 4.78 is 40.4. The van der Waals surface area contributed by atoms with Gasteiger partial charge in [0.05, 0.1) is 17.5 Å². The number of nitrogens with zero attached hydrogens (tertiary/aromatic N) is 2. The van der Waals surface area contributed by atoms with E-state index in [0.717, 1.165) is 0 Å². The Labute approximate surface area is 159 Å². The van der Waals surface area contributed by atoms with Crippen molar-refractivity contribution in [3.8, 4) is 0 Å². The Kier molecular flexibility index (Phi) is 3.73. The summed E-state index contributed by atoms with van der Waals surface area (Å²) in [4.78, 5) is 18.9. The zero-order chi connectivity index (χ0) is 19.6. The van der Waals surface area contributed by atoms with Crippen molar-refractivity contribution in [3.63, 3.8) is 0 Å². The van der Waals surface area contributed by atoms with Crippen molar-refractivity contribution in [1.82, 2.24) is 0 Å². The van der Waals surface area contributed by atoms with Gasteiger partial charge in [0, 0.05) is 23.3 Å². The van der Waals surface area contributed by atoms with Crippen LogP contribution in [0.15, 0.2) is 53.5 Å². The first-order valence-electron chi connectivity index (χ1n) is 8.41. The van der Waals surface area contributed by atoms with Crippen molar-refractivity contribution in [1.29, 1.82) is 0 Å². The summed E-state index contributed by atoms with van der Waals surface area (Å²) in [5.74, 6) is -0.591. The van der Waals surface area contributed by atoms with Crippen molar-refractivity contribution >= 4 is 28.9 Å². The van der Waals surface area contributed by atoms with E-state index in [-0.39, 0.29) is 0 Å². The fourth-order valence-corrected chi connectivity index (χ4v) is 4.33. The SMILES string of the molecule is CN1C(=O)C(C)(CC(F)(F)F)C2(N=C2c2ccc(Cl)cc2)c2ccccc21. The molecule has 2 aromatic carbocycles. The molecular formula is C20H16ClF3N2O. The Bertz CT molecular complexity index is 970. The van der Waals surface area contributed by atoms with Gasteiger partial charge in [-0.15, -0.1) is 0 Å². The molecule has 7 heteroatoms. The van der Waals surface area contributed by atoms with Gasteiger partial charge in [-0.25, -0.2) is 0 Å². The van der Waals surface area contributed by atoms with Gasteiger partial charge >= 0.3 is 6.18 Å². The van der Waals surface area contributed by atoms with Crippen molar-refractivity contribution in [2.75, 3.05) is 11.9 Å². The topological polar surface area (TPSA) is 32.7 Å². The number of hydrogen-bond acceptors (Lipinski definition) is 2. The summed E-state index contributed by atoms with van der Waals surface area (Å²) in [6.45, 7) is 1.36. The first kappa shape index (κ1) is 18.0. The molecule has 140 valence electrons. The van der Waals surface area contributed by atoms with E-state index in [0.29, 0.717) is 27.5 Å². The highest BCUT2D eigenvalue weighted by atomic mass is 35.5. The van der Waals surface area contributed by atoms with Crippen LogP contribution in [0, 0.1) is 5.41 Å². The number of rotatable bonds is 2. The molecule has 0 aliphatic carbocycles. The summed E-state index contributed by atoms with van der Waals surface area (Å²) in [7, 11) is 1.51. The summed E-state index contributed by atoms with van der Waals surface area (Å²) in [5.41, 5.74) is -0.738. The minimum atomic E-state index is -4.51. The highest BCUT2D eigenvalue weighted by molar-refractivity contribution is 6.31. The maximum Gasteiger partial charge on any atom is 0.390 e. The van der Waals surface area contributed by atoms with E-state index >= 15 is 0 Å². The third kappa shape index (κ3) is 2.50. The Morgan fingerprint density at radius 1 is 1.11 bits per heavy atom. The van der Waals surface area contributed by atoms with Crippen LogP contribution in [-0.2, 0) is 10.3 Å². The fraction of sp³-hybridized carbons (Fsp3) is 0.300. The summed E-state index contributed by atoms with van der Waals surface area (Å²) in [6, 6.07) is 13.8. The average Bonchev–Trinajstić information content (AvgIpc) is 3.36. The lowest BCUT2D eigenvalue weighted by Gasteiger charge is -2.45. The molecule has 1 spiro atoms. The number of anilines is 1. The third-order valence-electron chi connectivity index (χ3n) is 5.47. The van der Waals surface area contributed by atoms with Crippen molar-refractivity contribution in [3.05, 3.63) is 64.7 Å². The smallest absolute Gasteiger partial charge is 0.315 e. The molecule has 2 unspecified atom stereocenters. The number of aliphatic imine (C=N–C) groups is 1. The van der Waals surface area contributed by atoms with E-state index in [1.54, 1.807) is 48.5 Å². The second kappa shape index (κ2) is 5.58. The first-order valence-corrected chi connectivity index (χ1v) is 8.79. The van der Waals surface area contributed by atoms with E-state index in [1.165, 1.54) is 18.9 Å². The van der Waals surface area contributed by atoms with Gasteiger partial charge in [0.2, 0.25) is 5.91 Å². The van der Waals surface area contributed by atoms with Crippen LogP contribution < -0.4 is 4.90 Å². The Hall–Kier alpha value is -2.34. The van der Waals surface area contributed by atoms with Gasteiger partial charge in [0.25, 0.3) is 0 Å². The number of para-hydroxylation sites is 1. The van der Waals surface area contributed by atoms with E-state index in [4.69, 9.17) is 11.6 Å². The standard InChI is InChI=1S/C20H16ClF3N2O/c1-18(11-19(22,23)24)17(27)26(2)15-6-4-3-5-14(15)20(18)16(25-20)12-7-9-13(21)10-8-12/h3-10H,11H2,1-2H3. The number of hydrogen-bond donors (Lipinski definition) is 0. The van der Waals surface area contributed by atoms with Gasteiger partial charge in [0.1, 0.15) is 5.54 Å². The largest absolute Gasteiger partial charge is 0.390 e. The van der Waals surface area contributed by atoms with Gasteiger partial charge in [-0.05, 0) is 30.7 Å². The number of carbonyl (C=O) groups is 1. The van der Waals surface area contributed by atoms with Crippen molar-refractivity contribution in [2.45, 2.75) is 25.1 Å². The predicted octanol–water partition coefficient (Wildman–Crippen LogP) is 4.97. The van der Waals surface area contributed by atoms with Gasteiger partial charge in [-0.2, -0.15) is 13.2 Å². The molecule has 0 saturated heterocycles. The minimum Gasteiger partial charge on any atom is -0.315 e. The van der Waals surface area contributed by atoms with Crippen molar-refractivity contribution in [2.24, 2.45) is 10.4 Å². The minimum absolute atomic E-state index is 0.486. The molecule has 3 nitrogen and oxygen atoms in total. The third-order valence-corrected chi connectivity index (χ3v) is 5.73. The number of amides is 1. The molecule has 2 atom stereocenters. The van der Waals surface area contributed by atoms with Crippen LogP contribution in [0.25, 0.3) is 0 Å². The lowest BCUT2D eigenvalue weighted by Crippen LogP contribution is -2.56. The van der Waals surface area contributed by atoms with E-state index in [1.807, 2.05) is 0 Å². The number of alkyl halides is 3. The molecule has 0 radical (unpaired) electrons. The summed E-state index contributed by atoms with van der Waals surface area (Å²) in [6.07, 6.45) is -5.76. The molecule has 4 rings (SSSR count). The quantitative estimate of drug-likeness (QED) is 0.710. The molecule has 0 bridgehead atoms. The van der Waals surface area contributed by atoms with Gasteiger partial charge in [-0.3, -0.25) is 9.79 Å². The number of fused-ring (bicyclic) bond motifs is 2. The van der Waals surface area contributed by atoms with Crippen molar-refractivity contribution < 1.29 is 18.0 Å². The molecule has 0 N–H and O–H groups in total. The lowest BCUT2D eigenvalue weighted by molar-refractivity contribution is -0.169. The molecule has 2 aliphatic rings. The summed E-state index contributed by atoms with van der Waals surface area (Å²) in [5, 5.41) is 0.520. The predicted molar refractivity (Wildman–Crippen MR) is 98.3 cm³/mol. The Morgan fingerprint density at radius 2 is 1.74 bits per heavy atom. The Morgan fingerprint density at radius 3 is 2.37 bits per heavy atom. The average molecular weight is 393 g/mol. The maximum absolute atomic E-state index is 13.5. The number of halogens is 4. The zero-order valence-electron chi connectivity index (χ0n) is 14.6. The maximum atomic E-state index is 13.5. The molecule has 0 fully saturated rings. The second-order valence-corrected chi connectivity index (χ2v) is 7.62. The zero-order valence-corrected chi connectivity index (χ0v) is 15.4. The van der Waals surface area contributed by atoms with Crippen LogP contribution in [-0.4, -0.2) is 24.8 Å². The van der Waals surface area contributed by atoms with E-state index < -0.39 is 29.5 Å². The molecule has 0 aromatic heterocycles. The molecule has 27 heavy (non-hydrogen) atoms. The van der Waals surface area contributed by atoms with Crippen LogP contribution >= 0.6 is 11.6 Å². The molecule has 0 saturated carbocycles. The van der Waals surface area contributed by atoms with Gasteiger partial charge in [0.15, 0.2) is 0 Å². The summed E-state index contributed by atoms with van der Waals surface area (Å²) >= 11 is 5.93. The van der Waals surface area contributed by atoms with Crippen LogP contribution in [0.5, 0.6) is 0 Å². The molecule has 2 heterocycles. The monoisotopic (exact) mass is 392 g/mol. The van der Waals surface area contributed by atoms with Crippen LogP contribution in [0.2, 0.25) is 5.02 Å². The number of benzene rings is 2. The highest BCUT2D eigenvalue weighted by Crippen LogP contribution is 2.63. The first-order chi connectivity index (χ1) is 12.6. The lowest BCUT2D eigenvalue weighted by atomic mass is 9.63. The fourth-order valence-electron chi connectivity index (χ4n) is 4.20. The molecule has 2 aliphatic heterocycles. The molecule has 2 aromatic rings. The second-order valence-electron chi connectivity index (χ2n) is 7.18. The van der Waals surface area contributed by atoms with Crippen LogP contribution in [0.4, 0.5) is 18.9 Å². The van der Waals surface area contributed by atoms with Gasteiger partial charge in [-0.1, -0.05) is 41.9 Å².